The molecule has 0 fully saturated rings. The molecule has 168 valence electrons. The standard InChI is InChI=1S/C29H23BrN2O2/c1-19-7-5-8-20(2)28(19)32-29(33)24(17-31)15-21-13-14-27(26(30)16-21)34-18-23-11-6-10-22-9-3-4-12-25(22)23/h3-16H,18H2,1-2H3,(H,32,33). The number of anilines is 1. The van der Waals surface area contributed by atoms with Crippen LogP contribution >= 0.6 is 15.9 Å². The van der Waals surface area contributed by atoms with Crippen LogP contribution in [0.5, 0.6) is 5.75 Å². The summed E-state index contributed by atoms with van der Waals surface area (Å²) in [5.41, 5.74) is 4.47. The zero-order chi connectivity index (χ0) is 24.1. The lowest BCUT2D eigenvalue weighted by atomic mass is 10.1. The van der Waals surface area contributed by atoms with Crippen molar-refractivity contribution < 1.29 is 9.53 Å². The quantitative estimate of drug-likeness (QED) is 0.218. The van der Waals surface area contributed by atoms with Crippen molar-refractivity contribution in [3.63, 3.8) is 0 Å². The molecule has 0 atom stereocenters. The number of nitrogens with zero attached hydrogens (tertiary/aromatic N) is 1. The molecule has 0 aliphatic heterocycles. The van der Waals surface area contributed by atoms with Gasteiger partial charge in [-0.15, -0.1) is 0 Å². The maximum atomic E-state index is 12.7. The van der Waals surface area contributed by atoms with Gasteiger partial charge in [-0.2, -0.15) is 5.26 Å². The van der Waals surface area contributed by atoms with Gasteiger partial charge >= 0.3 is 0 Å². The van der Waals surface area contributed by atoms with E-state index < -0.39 is 5.91 Å². The van der Waals surface area contributed by atoms with Gasteiger partial charge in [-0.3, -0.25) is 4.79 Å². The largest absolute Gasteiger partial charge is 0.488 e. The van der Waals surface area contributed by atoms with E-state index in [-0.39, 0.29) is 5.57 Å². The van der Waals surface area contributed by atoms with Crippen molar-refractivity contribution in [2.24, 2.45) is 0 Å². The summed E-state index contributed by atoms with van der Waals surface area (Å²) >= 11 is 3.55. The zero-order valence-corrected chi connectivity index (χ0v) is 20.5. The van der Waals surface area contributed by atoms with Gasteiger partial charge in [-0.05, 0) is 81.0 Å². The molecule has 0 unspecified atom stereocenters. The molecule has 0 saturated carbocycles. The minimum Gasteiger partial charge on any atom is -0.488 e. The van der Waals surface area contributed by atoms with E-state index in [1.54, 1.807) is 6.08 Å². The smallest absolute Gasteiger partial charge is 0.266 e. The molecular weight excluding hydrogens is 488 g/mol. The molecule has 0 heterocycles. The summed E-state index contributed by atoms with van der Waals surface area (Å²) in [5.74, 6) is 0.246. The van der Waals surface area contributed by atoms with E-state index in [9.17, 15) is 10.1 Å². The van der Waals surface area contributed by atoms with Crippen LogP contribution in [0.1, 0.15) is 22.3 Å². The predicted octanol–water partition coefficient (Wildman–Crippen LogP) is 7.34. The number of aryl methyl sites for hydroxylation is 2. The molecule has 0 aliphatic rings. The number of hydrogen-bond donors (Lipinski definition) is 1. The van der Waals surface area contributed by atoms with Crippen LogP contribution in [-0.2, 0) is 11.4 Å². The van der Waals surface area contributed by atoms with E-state index >= 15 is 0 Å². The van der Waals surface area contributed by atoms with Gasteiger partial charge in [0.1, 0.15) is 24.0 Å². The Hall–Kier alpha value is -3.88. The second-order valence-corrected chi connectivity index (χ2v) is 8.86. The second kappa shape index (κ2) is 10.4. The van der Waals surface area contributed by atoms with Gasteiger partial charge < -0.3 is 10.1 Å². The van der Waals surface area contributed by atoms with Crippen LogP contribution in [0.4, 0.5) is 5.69 Å². The van der Waals surface area contributed by atoms with Crippen LogP contribution in [0.15, 0.2) is 88.9 Å². The number of nitrogens with one attached hydrogen (secondary N) is 1. The topological polar surface area (TPSA) is 62.1 Å². The van der Waals surface area contributed by atoms with Crippen molar-refractivity contribution in [2.45, 2.75) is 20.5 Å². The fraction of sp³-hybridized carbons (Fsp3) is 0.103. The fourth-order valence-electron chi connectivity index (χ4n) is 3.81. The van der Waals surface area contributed by atoms with Crippen molar-refractivity contribution in [3.05, 3.63) is 111 Å². The predicted molar refractivity (Wildman–Crippen MR) is 141 cm³/mol. The number of ether oxygens (including phenoxy) is 1. The molecule has 0 bridgehead atoms. The Kier molecular flexibility index (Phi) is 7.10. The average molecular weight is 511 g/mol. The normalized spacial score (nSPS) is 11.2. The summed E-state index contributed by atoms with van der Waals surface area (Å²) in [6.45, 7) is 4.27. The van der Waals surface area contributed by atoms with Gasteiger partial charge in [0.2, 0.25) is 0 Å². The number of rotatable bonds is 6. The zero-order valence-electron chi connectivity index (χ0n) is 18.9. The Labute approximate surface area is 207 Å². The van der Waals surface area contributed by atoms with Crippen molar-refractivity contribution in [3.8, 4) is 11.8 Å². The van der Waals surface area contributed by atoms with Gasteiger partial charge in [0.05, 0.1) is 4.47 Å². The summed E-state index contributed by atoms with van der Waals surface area (Å²) in [6, 6.07) is 27.7. The summed E-state index contributed by atoms with van der Waals surface area (Å²) in [5, 5.41) is 14.8. The second-order valence-electron chi connectivity index (χ2n) is 8.01. The fourth-order valence-corrected chi connectivity index (χ4v) is 4.32. The lowest BCUT2D eigenvalue weighted by Crippen LogP contribution is -2.15. The summed E-state index contributed by atoms with van der Waals surface area (Å²) in [6.07, 6.45) is 1.57. The number of hydrogen-bond acceptors (Lipinski definition) is 3. The number of carbonyl (C=O) groups is 1. The first-order valence-electron chi connectivity index (χ1n) is 10.8. The van der Waals surface area contributed by atoms with Gasteiger partial charge in [0.25, 0.3) is 5.91 Å². The molecule has 34 heavy (non-hydrogen) atoms. The number of halogens is 1. The highest BCUT2D eigenvalue weighted by Crippen LogP contribution is 2.29. The summed E-state index contributed by atoms with van der Waals surface area (Å²) in [4.78, 5) is 12.7. The number of nitriles is 1. The molecule has 1 N–H and O–H groups in total. The van der Waals surface area contributed by atoms with Crippen LogP contribution in [0.2, 0.25) is 0 Å². The number of carbonyl (C=O) groups excluding carboxylic acids is 1. The van der Waals surface area contributed by atoms with E-state index in [0.29, 0.717) is 12.4 Å². The van der Waals surface area contributed by atoms with Crippen molar-refractivity contribution >= 4 is 44.4 Å². The minimum absolute atomic E-state index is 0.0268. The third-order valence-electron chi connectivity index (χ3n) is 5.61. The highest BCUT2D eigenvalue weighted by atomic mass is 79.9. The minimum atomic E-state index is -0.438. The van der Waals surface area contributed by atoms with Crippen LogP contribution in [-0.4, -0.2) is 5.91 Å². The van der Waals surface area contributed by atoms with Crippen LogP contribution in [0.3, 0.4) is 0 Å². The Morgan fingerprint density at radius 3 is 2.44 bits per heavy atom. The maximum Gasteiger partial charge on any atom is 0.266 e. The number of amides is 1. The Morgan fingerprint density at radius 2 is 1.71 bits per heavy atom. The first-order chi connectivity index (χ1) is 16.5. The third-order valence-corrected chi connectivity index (χ3v) is 6.23. The first-order valence-corrected chi connectivity index (χ1v) is 11.6. The summed E-state index contributed by atoms with van der Waals surface area (Å²) < 4.78 is 6.80. The van der Waals surface area contributed by atoms with Gasteiger partial charge in [0, 0.05) is 5.69 Å². The van der Waals surface area contributed by atoms with E-state index in [1.165, 1.54) is 5.39 Å². The van der Waals surface area contributed by atoms with Gasteiger partial charge in [-0.1, -0.05) is 66.7 Å². The summed E-state index contributed by atoms with van der Waals surface area (Å²) in [7, 11) is 0. The van der Waals surface area contributed by atoms with E-state index in [4.69, 9.17) is 4.74 Å². The highest BCUT2D eigenvalue weighted by Gasteiger charge is 2.13. The van der Waals surface area contributed by atoms with Gasteiger partial charge in [0.15, 0.2) is 0 Å². The SMILES string of the molecule is Cc1cccc(C)c1NC(=O)C(C#N)=Cc1ccc(OCc2cccc3ccccc23)c(Br)c1. The molecule has 4 aromatic rings. The maximum absolute atomic E-state index is 12.7. The lowest BCUT2D eigenvalue weighted by Gasteiger charge is -2.12. The van der Waals surface area contributed by atoms with Crippen molar-refractivity contribution in [2.75, 3.05) is 5.32 Å². The molecule has 0 spiro atoms. The molecule has 4 rings (SSSR count). The van der Waals surface area contributed by atoms with Gasteiger partial charge in [-0.25, -0.2) is 0 Å². The number of para-hydroxylation sites is 1. The molecule has 0 radical (unpaired) electrons. The van der Waals surface area contributed by atoms with E-state index in [1.807, 2.05) is 74.5 Å². The van der Waals surface area contributed by atoms with Crippen molar-refractivity contribution in [1.29, 1.82) is 5.26 Å². The van der Waals surface area contributed by atoms with Crippen LogP contribution < -0.4 is 10.1 Å². The van der Waals surface area contributed by atoms with Crippen molar-refractivity contribution in [1.82, 2.24) is 0 Å². The highest BCUT2D eigenvalue weighted by molar-refractivity contribution is 9.10. The monoisotopic (exact) mass is 510 g/mol. The number of fused-ring (bicyclic) bond motifs is 1. The van der Waals surface area contributed by atoms with E-state index in [2.05, 4.69) is 45.5 Å². The first kappa shape index (κ1) is 23.3. The lowest BCUT2D eigenvalue weighted by molar-refractivity contribution is -0.112. The van der Waals surface area contributed by atoms with Crippen LogP contribution in [0.25, 0.3) is 16.8 Å². The number of benzene rings is 4. The molecule has 0 saturated heterocycles. The molecular formula is C29H23BrN2O2. The molecule has 4 nitrogen and oxygen atoms in total. The molecule has 0 aromatic heterocycles. The molecule has 1 amide bonds. The molecule has 5 heteroatoms. The Morgan fingerprint density at radius 1 is 1.00 bits per heavy atom. The Balaban J connectivity index is 1.50. The molecule has 4 aromatic carbocycles. The van der Waals surface area contributed by atoms with E-state index in [0.717, 1.165) is 37.8 Å². The Bertz CT molecular complexity index is 1420. The third kappa shape index (κ3) is 5.19. The van der Waals surface area contributed by atoms with Crippen LogP contribution in [0, 0.1) is 25.2 Å². The molecule has 0 aliphatic carbocycles. The average Bonchev–Trinajstić information content (AvgIpc) is 2.84.